The Labute approximate surface area is 202 Å². The number of carboxylic acid groups (broad SMARTS) is 1. The molecule has 0 aliphatic heterocycles. The predicted molar refractivity (Wildman–Crippen MR) is 126 cm³/mol. The maximum atomic E-state index is 12.5. The van der Waals surface area contributed by atoms with Crippen molar-refractivity contribution in [3.8, 4) is 23.0 Å². The Morgan fingerprint density at radius 3 is 1.61 bits per heavy atom. The molecule has 0 bridgehead atoms. The van der Waals surface area contributed by atoms with E-state index in [1.165, 1.54) is 26.0 Å². The molecular weight excluding hydrogens is 476 g/mol. The summed E-state index contributed by atoms with van der Waals surface area (Å²) in [4.78, 5) is 36.8. The summed E-state index contributed by atoms with van der Waals surface area (Å²) in [5, 5.41) is 53.2. The number of methoxy groups -OCH3 is 1. The number of ether oxygens (including phenoxy) is 1. The zero-order chi connectivity index (χ0) is 26.5. The van der Waals surface area contributed by atoms with Crippen molar-refractivity contribution in [1.29, 1.82) is 0 Å². The Hall–Kier alpha value is -4.51. The van der Waals surface area contributed by atoms with E-state index < -0.39 is 58.7 Å². The largest absolute Gasteiger partial charge is 0.507 e. The number of benzene rings is 2. The van der Waals surface area contributed by atoms with Gasteiger partial charge in [-0.25, -0.2) is 14.4 Å². The Morgan fingerprint density at radius 2 is 1.25 bits per heavy atom. The molecule has 11 nitrogen and oxygen atoms in total. The second-order valence-corrected chi connectivity index (χ2v) is 8.38. The number of rotatable bonds is 6. The summed E-state index contributed by atoms with van der Waals surface area (Å²) in [6.07, 6.45) is -2.07. The van der Waals surface area contributed by atoms with Crippen molar-refractivity contribution in [2.24, 2.45) is 0 Å². The first-order chi connectivity index (χ1) is 16.9. The molecule has 1 unspecified atom stereocenters. The summed E-state index contributed by atoms with van der Waals surface area (Å²) < 4.78 is 15.1. The van der Waals surface area contributed by atoms with Gasteiger partial charge in [0.2, 0.25) is 0 Å². The third kappa shape index (κ3) is 3.99. The standard InChI is InChI=1S/C25H22O11/c1-9-4-11-6-14(26)19(21(28)17(11)24(32)35-9)13(8-16(34-3)23(30)31)20-15(27)7-12-5-10(2)36-25(33)18(12)22(20)29/h4-7,13,16,26-29H,8H2,1-3H3,(H,30,31). The molecule has 188 valence electrons. The van der Waals surface area contributed by atoms with E-state index in [9.17, 15) is 39.9 Å². The normalized spacial score (nSPS) is 12.4. The van der Waals surface area contributed by atoms with Crippen molar-refractivity contribution in [1.82, 2.24) is 0 Å². The monoisotopic (exact) mass is 498 g/mol. The maximum Gasteiger partial charge on any atom is 0.347 e. The van der Waals surface area contributed by atoms with E-state index in [1.54, 1.807) is 0 Å². The van der Waals surface area contributed by atoms with Gasteiger partial charge in [0, 0.05) is 24.2 Å². The van der Waals surface area contributed by atoms with Gasteiger partial charge in [-0.2, -0.15) is 0 Å². The van der Waals surface area contributed by atoms with Gasteiger partial charge >= 0.3 is 17.2 Å². The number of carbonyl (C=O) groups is 1. The number of carboxylic acids is 1. The first-order valence-electron chi connectivity index (χ1n) is 10.7. The minimum absolute atomic E-state index is 0.144. The van der Waals surface area contributed by atoms with Crippen LogP contribution in [-0.4, -0.2) is 44.7 Å². The Bertz CT molecular complexity index is 1530. The van der Waals surface area contributed by atoms with Crippen LogP contribution in [0.4, 0.5) is 0 Å². The first-order valence-corrected chi connectivity index (χ1v) is 10.7. The van der Waals surface area contributed by atoms with Crippen molar-refractivity contribution in [3.05, 3.63) is 67.8 Å². The molecule has 36 heavy (non-hydrogen) atoms. The van der Waals surface area contributed by atoms with Crippen molar-refractivity contribution >= 4 is 27.5 Å². The minimum atomic E-state index is -1.54. The van der Waals surface area contributed by atoms with E-state index in [-0.39, 0.29) is 44.2 Å². The van der Waals surface area contributed by atoms with Crippen LogP contribution in [0.5, 0.6) is 23.0 Å². The summed E-state index contributed by atoms with van der Waals surface area (Å²) in [6.45, 7) is 3.00. The smallest absolute Gasteiger partial charge is 0.347 e. The fourth-order valence-electron chi connectivity index (χ4n) is 4.51. The lowest BCUT2D eigenvalue weighted by molar-refractivity contribution is -0.149. The highest BCUT2D eigenvalue weighted by atomic mass is 16.5. The zero-order valence-corrected chi connectivity index (χ0v) is 19.4. The SMILES string of the molecule is COC(CC(c1c(O)cc2cc(C)oc(=O)c2c1O)c1c(O)cc2cc(C)oc(=O)c2c1O)C(=O)O. The molecule has 5 N–H and O–H groups in total. The van der Waals surface area contributed by atoms with Gasteiger partial charge in [-0.05, 0) is 55.3 Å². The third-order valence-corrected chi connectivity index (χ3v) is 6.04. The average Bonchev–Trinajstić information content (AvgIpc) is 2.74. The van der Waals surface area contributed by atoms with Gasteiger partial charge in [-0.15, -0.1) is 0 Å². The molecule has 0 saturated carbocycles. The number of phenols is 4. The topological polar surface area (TPSA) is 188 Å². The van der Waals surface area contributed by atoms with Crippen molar-refractivity contribution < 1.29 is 43.9 Å². The quantitative estimate of drug-likeness (QED) is 0.263. The molecule has 0 spiro atoms. The number of hydrogen-bond acceptors (Lipinski definition) is 10. The summed E-state index contributed by atoms with van der Waals surface area (Å²) in [6, 6.07) is 5.14. The van der Waals surface area contributed by atoms with E-state index in [2.05, 4.69) is 0 Å². The number of aliphatic carboxylic acids is 1. The number of hydrogen-bond donors (Lipinski definition) is 5. The summed E-state index contributed by atoms with van der Waals surface area (Å²) >= 11 is 0. The van der Waals surface area contributed by atoms with Gasteiger partial charge in [-0.3, -0.25) is 0 Å². The molecule has 11 heteroatoms. The minimum Gasteiger partial charge on any atom is -0.507 e. The zero-order valence-electron chi connectivity index (χ0n) is 19.4. The lowest BCUT2D eigenvalue weighted by atomic mass is 9.82. The van der Waals surface area contributed by atoms with Gasteiger partial charge in [0.1, 0.15) is 45.3 Å². The maximum absolute atomic E-state index is 12.5. The molecule has 2 aromatic heterocycles. The van der Waals surface area contributed by atoms with Crippen LogP contribution in [0.2, 0.25) is 0 Å². The highest BCUT2D eigenvalue weighted by Crippen LogP contribution is 2.50. The van der Waals surface area contributed by atoms with E-state index in [1.807, 2.05) is 0 Å². The molecule has 0 fully saturated rings. The van der Waals surface area contributed by atoms with Crippen molar-refractivity contribution in [2.75, 3.05) is 7.11 Å². The van der Waals surface area contributed by atoms with Gasteiger partial charge in [0.25, 0.3) is 0 Å². The lowest BCUT2D eigenvalue weighted by Gasteiger charge is -2.25. The van der Waals surface area contributed by atoms with Crippen LogP contribution in [0.25, 0.3) is 21.5 Å². The fourth-order valence-corrected chi connectivity index (χ4v) is 4.51. The molecular formula is C25H22O11. The third-order valence-electron chi connectivity index (χ3n) is 6.04. The molecule has 2 aromatic carbocycles. The van der Waals surface area contributed by atoms with Crippen LogP contribution < -0.4 is 11.3 Å². The Balaban J connectivity index is 2.11. The Kier molecular flexibility index (Phi) is 6.10. The number of phenolic OH excluding ortho intramolecular Hbond substituents is 4. The molecule has 0 aliphatic rings. The van der Waals surface area contributed by atoms with E-state index in [4.69, 9.17) is 13.6 Å². The average molecular weight is 498 g/mol. The molecule has 2 heterocycles. The van der Waals surface area contributed by atoms with Gasteiger partial charge in [0.15, 0.2) is 6.10 Å². The second-order valence-electron chi connectivity index (χ2n) is 8.38. The van der Waals surface area contributed by atoms with Crippen LogP contribution >= 0.6 is 0 Å². The van der Waals surface area contributed by atoms with Crippen LogP contribution in [0.1, 0.15) is 35.0 Å². The lowest BCUT2D eigenvalue weighted by Crippen LogP contribution is -2.25. The van der Waals surface area contributed by atoms with Crippen LogP contribution in [0.3, 0.4) is 0 Å². The Morgan fingerprint density at radius 1 is 0.833 bits per heavy atom. The number of fused-ring (bicyclic) bond motifs is 2. The molecule has 0 amide bonds. The highest BCUT2D eigenvalue weighted by Gasteiger charge is 2.34. The van der Waals surface area contributed by atoms with Gasteiger partial charge in [-0.1, -0.05) is 0 Å². The van der Waals surface area contributed by atoms with Gasteiger partial charge < -0.3 is 39.1 Å². The van der Waals surface area contributed by atoms with E-state index in [0.29, 0.717) is 0 Å². The van der Waals surface area contributed by atoms with E-state index >= 15 is 0 Å². The van der Waals surface area contributed by atoms with Crippen molar-refractivity contribution in [3.63, 3.8) is 0 Å². The predicted octanol–water partition coefficient (Wildman–Crippen LogP) is 2.96. The first kappa shape index (κ1) is 24.6. The van der Waals surface area contributed by atoms with Crippen LogP contribution in [0.15, 0.2) is 42.7 Å². The molecule has 0 saturated heterocycles. The molecule has 4 rings (SSSR count). The van der Waals surface area contributed by atoms with Gasteiger partial charge in [0.05, 0.1) is 0 Å². The molecule has 4 aromatic rings. The van der Waals surface area contributed by atoms with E-state index in [0.717, 1.165) is 19.2 Å². The number of aryl methyl sites for hydroxylation is 2. The second kappa shape index (κ2) is 8.93. The summed E-state index contributed by atoms with van der Waals surface area (Å²) in [5.74, 6) is -5.08. The molecule has 1 atom stereocenters. The molecule has 0 radical (unpaired) electrons. The molecule has 0 aliphatic carbocycles. The fraction of sp³-hybridized carbons (Fsp3) is 0.240. The van der Waals surface area contributed by atoms with Crippen LogP contribution in [-0.2, 0) is 9.53 Å². The summed E-state index contributed by atoms with van der Waals surface area (Å²) in [7, 11) is 1.12. The van der Waals surface area contributed by atoms with Crippen molar-refractivity contribution in [2.45, 2.75) is 32.3 Å². The number of aromatic hydroxyl groups is 4. The highest BCUT2D eigenvalue weighted by molar-refractivity contribution is 5.93. The van der Waals surface area contributed by atoms with Crippen LogP contribution in [0, 0.1) is 13.8 Å². The summed E-state index contributed by atoms with van der Waals surface area (Å²) in [5.41, 5.74) is -2.62.